The second-order valence-electron chi connectivity index (χ2n) is 6.15. The van der Waals surface area contributed by atoms with E-state index in [9.17, 15) is 0 Å². The summed E-state index contributed by atoms with van der Waals surface area (Å²) in [4.78, 5) is 2.41. The number of hydrogen-bond donors (Lipinski definition) is 2. The third-order valence-corrected chi connectivity index (χ3v) is 4.39. The van der Waals surface area contributed by atoms with Crippen LogP contribution in [0.2, 0.25) is 0 Å². The molecule has 5 nitrogen and oxygen atoms in total. The van der Waals surface area contributed by atoms with Gasteiger partial charge in [0.2, 0.25) is 0 Å². The average Bonchev–Trinajstić information content (AvgIpc) is 3.02. The quantitative estimate of drug-likeness (QED) is 0.531. The summed E-state index contributed by atoms with van der Waals surface area (Å²) in [5, 5.41) is 11.5. The maximum Gasteiger partial charge on any atom is 0.171 e. The molecule has 0 spiro atoms. The van der Waals surface area contributed by atoms with Crippen molar-refractivity contribution in [2.45, 2.75) is 33.7 Å². The van der Waals surface area contributed by atoms with Gasteiger partial charge in [0.05, 0.1) is 6.54 Å². The van der Waals surface area contributed by atoms with Crippen molar-refractivity contribution in [1.29, 1.82) is 0 Å². The Bertz CT molecular complexity index is 663. The number of hydrogen-bond acceptors (Lipinski definition) is 3. The summed E-state index contributed by atoms with van der Waals surface area (Å²) in [7, 11) is 0. The normalized spacial score (nSPS) is 10.9. The van der Waals surface area contributed by atoms with Crippen LogP contribution in [0.1, 0.15) is 31.4 Å². The van der Waals surface area contributed by atoms with Crippen LogP contribution in [0.3, 0.4) is 0 Å². The minimum Gasteiger partial charge on any atom is -0.362 e. The zero-order chi connectivity index (χ0) is 18.1. The molecule has 0 unspecified atom stereocenters. The number of aromatic nitrogens is 2. The van der Waals surface area contributed by atoms with E-state index in [1.165, 1.54) is 11.1 Å². The summed E-state index contributed by atoms with van der Waals surface area (Å²) in [5.41, 5.74) is 2.50. The molecule has 0 atom stereocenters. The molecule has 0 fully saturated rings. The third-order valence-electron chi connectivity index (χ3n) is 4.14. The molecule has 0 bridgehead atoms. The average molecular weight is 360 g/mol. The van der Waals surface area contributed by atoms with Gasteiger partial charge in [0.15, 0.2) is 10.9 Å². The Balaban J connectivity index is 1.74. The molecule has 0 saturated carbocycles. The maximum atomic E-state index is 5.34. The van der Waals surface area contributed by atoms with Gasteiger partial charge in [-0.2, -0.15) is 5.10 Å². The van der Waals surface area contributed by atoms with E-state index in [1.807, 2.05) is 16.9 Å². The van der Waals surface area contributed by atoms with E-state index in [-0.39, 0.29) is 0 Å². The number of aryl methyl sites for hydroxylation is 1. The molecule has 136 valence electrons. The van der Waals surface area contributed by atoms with E-state index >= 15 is 0 Å². The Morgan fingerprint density at radius 2 is 2.04 bits per heavy atom. The summed E-state index contributed by atoms with van der Waals surface area (Å²) < 4.78 is 1.92. The van der Waals surface area contributed by atoms with Gasteiger partial charge in [-0.3, -0.25) is 4.68 Å². The van der Waals surface area contributed by atoms with Crippen molar-refractivity contribution >= 4 is 23.1 Å². The van der Waals surface area contributed by atoms with Gasteiger partial charge in [-0.15, -0.1) is 0 Å². The summed E-state index contributed by atoms with van der Waals surface area (Å²) in [6.07, 6.45) is 3.04. The van der Waals surface area contributed by atoms with E-state index in [0.717, 1.165) is 45.0 Å². The molecule has 0 aliphatic heterocycles. The van der Waals surface area contributed by atoms with E-state index in [4.69, 9.17) is 12.2 Å². The van der Waals surface area contributed by atoms with Gasteiger partial charge in [0.25, 0.3) is 0 Å². The molecule has 25 heavy (non-hydrogen) atoms. The Hall–Kier alpha value is -1.92. The smallest absolute Gasteiger partial charge is 0.171 e. The lowest BCUT2D eigenvalue weighted by atomic mass is 10.1. The van der Waals surface area contributed by atoms with Crippen LogP contribution in [-0.4, -0.2) is 46.0 Å². The lowest BCUT2D eigenvalue weighted by Crippen LogP contribution is -2.32. The number of rotatable bonds is 9. The van der Waals surface area contributed by atoms with Gasteiger partial charge in [-0.05, 0) is 50.8 Å². The largest absolute Gasteiger partial charge is 0.362 e. The Morgan fingerprint density at radius 1 is 1.24 bits per heavy atom. The highest BCUT2D eigenvalue weighted by atomic mass is 32.1. The van der Waals surface area contributed by atoms with E-state index in [1.54, 1.807) is 0 Å². The highest BCUT2D eigenvalue weighted by Gasteiger charge is 2.03. The lowest BCUT2D eigenvalue weighted by Gasteiger charge is -2.18. The molecule has 6 heteroatoms. The highest BCUT2D eigenvalue weighted by molar-refractivity contribution is 7.80. The minimum absolute atomic E-state index is 0.625. The zero-order valence-corrected chi connectivity index (χ0v) is 16.3. The van der Waals surface area contributed by atoms with Crippen LogP contribution < -0.4 is 10.6 Å². The fourth-order valence-corrected chi connectivity index (χ4v) is 2.93. The molecular weight excluding hydrogens is 330 g/mol. The van der Waals surface area contributed by atoms with Gasteiger partial charge in [-0.25, -0.2) is 0 Å². The predicted octanol–water partition coefficient (Wildman–Crippen LogP) is 3.26. The van der Waals surface area contributed by atoms with Crippen molar-refractivity contribution in [3.05, 3.63) is 47.7 Å². The molecule has 1 aromatic carbocycles. The van der Waals surface area contributed by atoms with Crippen molar-refractivity contribution < 1.29 is 0 Å². The first kappa shape index (κ1) is 19.4. The Labute approximate surface area is 156 Å². The topological polar surface area (TPSA) is 45.1 Å². The molecule has 0 saturated heterocycles. The molecule has 1 heterocycles. The van der Waals surface area contributed by atoms with Crippen LogP contribution in [-0.2, 0) is 6.54 Å². The predicted molar refractivity (Wildman–Crippen MR) is 109 cm³/mol. The fourth-order valence-electron chi connectivity index (χ4n) is 2.72. The zero-order valence-electron chi connectivity index (χ0n) is 15.5. The SMILES string of the molecule is CCN(CC)CCCNC(=S)Nc1ccn(Cc2cccc(C)c2)n1. The van der Waals surface area contributed by atoms with E-state index < -0.39 is 0 Å². The fraction of sp³-hybridized carbons (Fsp3) is 0.474. The summed E-state index contributed by atoms with van der Waals surface area (Å²) in [5.74, 6) is 0.772. The number of benzene rings is 1. The van der Waals surface area contributed by atoms with Crippen LogP contribution in [0.15, 0.2) is 36.5 Å². The number of thiocarbonyl (C=S) groups is 1. The first-order valence-corrected chi connectivity index (χ1v) is 9.37. The van der Waals surface area contributed by atoms with Crippen molar-refractivity contribution in [2.75, 3.05) is 31.5 Å². The standard InChI is InChI=1S/C19H29N5S/c1-4-23(5-2)12-7-11-20-19(25)21-18-10-13-24(22-18)15-17-9-6-8-16(3)14-17/h6,8-10,13-14H,4-5,7,11-12,15H2,1-3H3,(H2,20,21,22,25). The molecule has 0 aliphatic carbocycles. The Morgan fingerprint density at radius 3 is 2.76 bits per heavy atom. The van der Waals surface area contributed by atoms with Gasteiger partial charge in [0.1, 0.15) is 0 Å². The summed E-state index contributed by atoms with van der Waals surface area (Å²) in [6.45, 7) is 11.4. The van der Waals surface area contributed by atoms with Gasteiger partial charge >= 0.3 is 0 Å². The molecular formula is C19H29N5S. The molecule has 0 aliphatic rings. The number of nitrogens with one attached hydrogen (secondary N) is 2. The van der Waals surface area contributed by atoms with E-state index in [2.05, 4.69) is 65.7 Å². The van der Waals surface area contributed by atoms with Crippen LogP contribution in [0.4, 0.5) is 5.82 Å². The van der Waals surface area contributed by atoms with Crippen molar-refractivity contribution in [2.24, 2.45) is 0 Å². The number of anilines is 1. The molecule has 2 aromatic rings. The summed E-state index contributed by atoms with van der Waals surface area (Å²) >= 11 is 5.34. The van der Waals surface area contributed by atoms with Gasteiger partial charge < -0.3 is 15.5 Å². The second-order valence-corrected chi connectivity index (χ2v) is 6.56. The third kappa shape index (κ3) is 6.84. The first-order chi connectivity index (χ1) is 12.1. The van der Waals surface area contributed by atoms with Crippen LogP contribution in [0.5, 0.6) is 0 Å². The maximum absolute atomic E-state index is 5.34. The first-order valence-electron chi connectivity index (χ1n) is 8.97. The Kier molecular flexibility index (Phi) is 7.88. The monoisotopic (exact) mass is 359 g/mol. The van der Waals surface area contributed by atoms with Gasteiger partial charge in [0, 0.05) is 18.8 Å². The van der Waals surface area contributed by atoms with Crippen LogP contribution in [0, 0.1) is 6.92 Å². The lowest BCUT2D eigenvalue weighted by molar-refractivity contribution is 0.300. The van der Waals surface area contributed by atoms with Crippen LogP contribution >= 0.6 is 12.2 Å². The molecule has 1 aromatic heterocycles. The van der Waals surface area contributed by atoms with Gasteiger partial charge in [-0.1, -0.05) is 43.7 Å². The second kappa shape index (κ2) is 10.2. The molecule has 2 N–H and O–H groups in total. The van der Waals surface area contributed by atoms with E-state index in [0.29, 0.717) is 5.11 Å². The molecule has 0 radical (unpaired) electrons. The van der Waals surface area contributed by atoms with Crippen molar-refractivity contribution in [3.63, 3.8) is 0 Å². The summed E-state index contributed by atoms with van der Waals surface area (Å²) in [6, 6.07) is 10.4. The van der Waals surface area contributed by atoms with Crippen LogP contribution in [0.25, 0.3) is 0 Å². The highest BCUT2D eigenvalue weighted by Crippen LogP contribution is 2.08. The number of nitrogens with zero attached hydrogens (tertiary/aromatic N) is 3. The van der Waals surface area contributed by atoms with Crippen molar-refractivity contribution in [1.82, 2.24) is 20.0 Å². The van der Waals surface area contributed by atoms with Crippen molar-refractivity contribution in [3.8, 4) is 0 Å². The molecule has 0 amide bonds. The molecule has 2 rings (SSSR count). The minimum atomic E-state index is 0.625.